The first kappa shape index (κ1) is 40.1. The molecule has 0 unspecified atom stereocenters. The number of halogens is 3. The quantitative estimate of drug-likeness (QED) is 0.128. The van der Waals surface area contributed by atoms with E-state index >= 15 is 0 Å². The van der Waals surface area contributed by atoms with Gasteiger partial charge in [-0.05, 0) is 124 Å². The first-order chi connectivity index (χ1) is 25.7. The summed E-state index contributed by atoms with van der Waals surface area (Å²) in [6.07, 6.45) is 2.68. The van der Waals surface area contributed by atoms with Crippen LogP contribution in [0.25, 0.3) is 0 Å². The number of rotatable bonds is 11. The third-order valence-electron chi connectivity index (χ3n) is 10.2. The second-order valence-electron chi connectivity index (χ2n) is 14.3. The molecular weight excluding hydrogens is 705 g/mol. The van der Waals surface area contributed by atoms with E-state index in [-0.39, 0.29) is 30.2 Å². The lowest BCUT2D eigenvalue weighted by atomic mass is 9.84. The number of carboxylic acid groups (broad SMARTS) is 1. The number of carbonyl (C=O) groups excluding carboxylic acids is 3. The molecule has 14 heteroatoms. The van der Waals surface area contributed by atoms with Crippen molar-refractivity contribution in [2.24, 2.45) is 5.92 Å². The highest BCUT2D eigenvalue weighted by atomic mass is 19.4. The molecular formula is C40H47F3N4O7. The van der Waals surface area contributed by atoms with Gasteiger partial charge in [-0.25, -0.2) is 14.4 Å². The molecule has 54 heavy (non-hydrogen) atoms. The summed E-state index contributed by atoms with van der Waals surface area (Å²) in [7, 11) is 0. The predicted molar refractivity (Wildman–Crippen MR) is 195 cm³/mol. The number of aliphatic carboxylic acids is 1. The zero-order valence-corrected chi connectivity index (χ0v) is 30.3. The second-order valence-corrected chi connectivity index (χ2v) is 14.3. The second kappa shape index (κ2) is 17.8. The van der Waals surface area contributed by atoms with Crippen LogP contribution in [0, 0.1) is 5.92 Å². The topological polar surface area (TPSA) is 157 Å². The van der Waals surface area contributed by atoms with Crippen molar-refractivity contribution in [1.82, 2.24) is 15.5 Å². The standard InChI is InChI=1S/C38H46N4O5.C2HF3O2/c1-24(2)47-37(45)27-11-15-29(16-12-27)40-38(46)41-33(23-26-9-17-30(43)18-10-26)36(44)39-28-13-7-25(8-14-28)21-22-42-34-19-20-35(42)32-6-4-3-5-31(32)34;3-2(4,5)1(6)7/h3-6,9-12,15-18,24-25,28,33-35,43H,7-8,13-14,19-23H2,1-2H3,(H,39,44)(H2,40,41,46);(H,6,7)/t25?,28?,33-,34-,35+;/m0./s1. The van der Waals surface area contributed by atoms with E-state index in [1.165, 1.54) is 30.4 Å². The number of nitrogens with one attached hydrogen (secondary N) is 3. The van der Waals surface area contributed by atoms with Crippen molar-refractivity contribution >= 4 is 29.6 Å². The molecule has 290 valence electrons. The zero-order chi connectivity index (χ0) is 39.0. The molecule has 5 N–H and O–H groups in total. The molecule has 1 saturated heterocycles. The Morgan fingerprint density at radius 2 is 1.43 bits per heavy atom. The number of aromatic hydroxyl groups is 1. The Kier molecular flexibility index (Phi) is 13.2. The van der Waals surface area contributed by atoms with E-state index in [1.807, 2.05) is 0 Å². The smallest absolute Gasteiger partial charge is 0.490 e. The molecule has 3 amide bonds. The van der Waals surface area contributed by atoms with E-state index < -0.39 is 30.2 Å². The molecule has 11 nitrogen and oxygen atoms in total. The maximum atomic E-state index is 13.6. The molecule has 0 aromatic heterocycles. The summed E-state index contributed by atoms with van der Waals surface area (Å²) in [5.41, 5.74) is 4.74. The molecule has 3 atom stereocenters. The Hall–Kier alpha value is -5.11. The van der Waals surface area contributed by atoms with Gasteiger partial charge in [0.05, 0.1) is 11.7 Å². The van der Waals surface area contributed by atoms with Gasteiger partial charge in [0.25, 0.3) is 0 Å². The molecule has 0 radical (unpaired) electrons. The van der Waals surface area contributed by atoms with E-state index in [2.05, 4.69) is 45.1 Å². The van der Waals surface area contributed by atoms with Crippen LogP contribution in [0.15, 0.2) is 72.8 Å². The Bertz CT molecular complexity index is 1730. The average molecular weight is 753 g/mol. The summed E-state index contributed by atoms with van der Waals surface area (Å²) in [6, 6.07) is 21.9. The maximum Gasteiger partial charge on any atom is 0.490 e. The van der Waals surface area contributed by atoms with Gasteiger partial charge in [-0.1, -0.05) is 36.4 Å². The normalized spacial score (nSPS) is 20.9. The largest absolute Gasteiger partial charge is 0.508 e. The molecule has 1 aliphatic carbocycles. The lowest BCUT2D eigenvalue weighted by Gasteiger charge is -2.32. The van der Waals surface area contributed by atoms with Gasteiger partial charge in [0.2, 0.25) is 5.91 Å². The minimum absolute atomic E-state index is 0.0660. The van der Waals surface area contributed by atoms with Crippen LogP contribution in [0.1, 0.15) is 97.9 Å². The molecule has 2 fully saturated rings. The van der Waals surface area contributed by atoms with E-state index in [0.717, 1.165) is 37.8 Å². The molecule has 6 rings (SSSR count). The number of phenols is 1. The summed E-state index contributed by atoms with van der Waals surface area (Å²) >= 11 is 0. The van der Waals surface area contributed by atoms with Crippen LogP contribution < -0.4 is 16.0 Å². The van der Waals surface area contributed by atoms with Crippen molar-refractivity contribution in [3.8, 4) is 5.75 Å². The van der Waals surface area contributed by atoms with Gasteiger partial charge in [-0.15, -0.1) is 0 Å². The summed E-state index contributed by atoms with van der Waals surface area (Å²) in [5.74, 6) is -2.62. The highest BCUT2D eigenvalue weighted by Gasteiger charge is 2.43. The number of hydrogen-bond donors (Lipinski definition) is 5. The lowest BCUT2D eigenvalue weighted by molar-refractivity contribution is -0.192. The molecule has 0 spiro atoms. The summed E-state index contributed by atoms with van der Waals surface area (Å²) in [5, 5.41) is 25.7. The Morgan fingerprint density at radius 3 is 1.96 bits per heavy atom. The lowest BCUT2D eigenvalue weighted by Crippen LogP contribution is -2.52. The number of carboxylic acids is 1. The third kappa shape index (κ3) is 10.7. The Morgan fingerprint density at radius 1 is 0.852 bits per heavy atom. The third-order valence-corrected chi connectivity index (χ3v) is 10.2. The zero-order valence-electron chi connectivity index (χ0n) is 30.3. The summed E-state index contributed by atoms with van der Waals surface area (Å²) in [6.45, 7) is 4.70. The average Bonchev–Trinajstić information content (AvgIpc) is 3.68. The molecule has 2 aliphatic heterocycles. The number of alkyl halides is 3. The molecule has 2 bridgehead atoms. The van der Waals surface area contributed by atoms with Crippen LogP contribution in [-0.2, 0) is 20.7 Å². The highest BCUT2D eigenvalue weighted by Crippen LogP contribution is 2.53. The van der Waals surface area contributed by atoms with Crippen molar-refractivity contribution in [3.63, 3.8) is 0 Å². The van der Waals surface area contributed by atoms with Crippen molar-refractivity contribution in [1.29, 1.82) is 0 Å². The minimum Gasteiger partial charge on any atom is -0.508 e. The van der Waals surface area contributed by atoms with Crippen LogP contribution in [0.3, 0.4) is 0 Å². The number of carbonyl (C=O) groups is 4. The number of urea groups is 1. The van der Waals surface area contributed by atoms with Crippen molar-refractivity contribution in [3.05, 3.63) is 95.1 Å². The number of amides is 3. The maximum absolute atomic E-state index is 13.6. The number of anilines is 1. The molecule has 2 heterocycles. The SMILES string of the molecule is CC(C)OC(=O)c1ccc(NC(=O)N[C@@H](Cc2ccc(O)cc2)C(=O)NC2CCC(CCN3[C@@H]4CC[C@H]3c3ccccc34)CC2)cc1.O=C(O)C(F)(F)F. The van der Waals surface area contributed by atoms with Crippen LogP contribution >= 0.6 is 0 Å². The van der Waals surface area contributed by atoms with E-state index in [4.69, 9.17) is 14.6 Å². The molecule has 3 aromatic carbocycles. The number of hydrogen-bond acceptors (Lipinski definition) is 7. The summed E-state index contributed by atoms with van der Waals surface area (Å²) < 4.78 is 37.0. The first-order valence-corrected chi connectivity index (χ1v) is 18.3. The number of nitrogens with zero attached hydrogens (tertiary/aromatic N) is 1. The van der Waals surface area contributed by atoms with Crippen LogP contribution in [0.5, 0.6) is 5.75 Å². The van der Waals surface area contributed by atoms with Gasteiger partial charge in [0.15, 0.2) is 0 Å². The Labute approximate surface area is 312 Å². The van der Waals surface area contributed by atoms with Gasteiger partial charge in [-0.3, -0.25) is 9.69 Å². The van der Waals surface area contributed by atoms with Gasteiger partial charge >= 0.3 is 24.1 Å². The number of phenolic OH excluding ortho intramolecular Hbond substituents is 1. The number of benzene rings is 3. The van der Waals surface area contributed by atoms with Crippen molar-refractivity contribution in [2.45, 2.75) is 102 Å². The van der Waals surface area contributed by atoms with Crippen molar-refractivity contribution < 1.29 is 47.3 Å². The van der Waals surface area contributed by atoms with Gasteiger partial charge in [0, 0.05) is 30.2 Å². The number of ether oxygens (including phenoxy) is 1. The van der Waals surface area contributed by atoms with E-state index in [1.54, 1.807) is 62.4 Å². The monoisotopic (exact) mass is 752 g/mol. The van der Waals surface area contributed by atoms with Crippen LogP contribution in [0.2, 0.25) is 0 Å². The number of esters is 1. The Balaban J connectivity index is 0.000000730. The van der Waals surface area contributed by atoms with E-state index in [0.29, 0.717) is 29.3 Å². The fourth-order valence-electron chi connectivity index (χ4n) is 7.57. The molecule has 1 saturated carbocycles. The molecule has 3 aromatic rings. The van der Waals surface area contributed by atoms with E-state index in [9.17, 15) is 32.7 Å². The fraction of sp³-hybridized carbons (Fsp3) is 0.450. The highest BCUT2D eigenvalue weighted by molar-refractivity contribution is 5.95. The summed E-state index contributed by atoms with van der Waals surface area (Å²) in [4.78, 5) is 50.4. The fourth-order valence-corrected chi connectivity index (χ4v) is 7.57. The predicted octanol–water partition coefficient (Wildman–Crippen LogP) is 7.28. The number of fused-ring (bicyclic) bond motifs is 5. The van der Waals surface area contributed by atoms with Gasteiger partial charge < -0.3 is 30.9 Å². The van der Waals surface area contributed by atoms with Gasteiger partial charge in [-0.2, -0.15) is 13.2 Å². The molecule has 3 aliphatic rings. The minimum atomic E-state index is -5.08. The van der Waals surface area contributed by atoms with Crippen molar-refractivity contribution in [2.75, 3.05) is 11.9 Å². The van der Waals surface area contributed by atoms with Crippen LogP contribution in [0.4, 0.5) is 23.7 Å². The first-order valence-electron chi connectivity index (χ1n) is 18.3. The van der Waals surface area contributed by atoms with Gasteiger partial charge in [0.1, 0.15) is 11.8 Å². The van der Waals surface area contributed by atoms with Crippen LogP contribution in [-0.4, -0.2) is 69.9 Å².